The van der Waals surface area contributed by atoms with E-state index in [1.165, 1.54) is 0 Å². The standard InChI is InChI=1S/C7H4F2N2O5/c8-5(9)2-1-3(11(15)16)4(7(13)14)6(12)10-2/h1,5H,(H,10,12)(H,13,14). The lowest BCUT2D eigenvalue weighted by Gasteiger charge is -2.01. The number of alkyl halides is 2. The molecule has 0 saturated carbocycles. The lowest BCUT2D eigenvalue weighted by atomic mass is 10.2. The van der Waals surface area contributed by atoms with Crippen LogP contribution in [0.15, 0.2) is 10.9 Å². The van der Waals surface area contributed by atoms with Crippen LogP contribution in [0.4, 0.5) is 14.5 Å². The van der Waals surface area contributed by atoms with Crippen LogP contribution in [0, 0.1) is 10.1 Å². The van der Waals surface area contributed by atoms with Gasteiger partial charge in [-0.15, -0.1) is 0 Å². The summed E-state index contributed by atoms with van der Waals surface area (Å²) in [6.45, 7) is 0. The van der Waals surface area contributed by atoms with Gasteiger partial charge in [0.1, 0.15) is 0 Å². The molecule has 9 heteroatoms. The minimum absolute atomic E-state index is 0.329. The molecule has 0 aliphatic heterocycles. The fourth-order valence-corrected chi connectivity index (χ4v) is 1.03. The second-order valence-corrected chi connectivity index (χ2v) is 2.68. The Morgan fingerprint density at radius 1 is 1.56 bits per heavy atom. The van der Waals surface area contributed by atoms with E-state index < -0.39 is 39.8 Å². The molecule has 2 N–H and O–H groups in total. The SMILES string of the molecule is O=C(O)c1c([N+](=O)[O-])cc(C(F)F)[nH]c1=O. The molecular formula is C7H4F2N2O5. The maximum Gasteiger partial charge on any atom is 0.348 e. The highest BCUT2D eigenvalue weighted by Crippen LogP contribution is 2.21. The van der Waals surface area contributed by atoms with E-state index in [1.54, 1.807) is 4.98 Å². The summed E-state index contributed by atoms with van der Waals surface area (Å²) in [5, 5.41) is 18.9. The molecule has 0 spiro atoms. The van der Waals surface area contributed by atoms with Crippen LogP contribution in [0.2, 0.25) is 0 Å². The summed E-state index contributed by atoms with van der Waals surface area (Å²) in [4.78, 5) is 32.3. The van der Waals surface area contributed by atoms with E-state index in [9.17, 15) is 28.5 Å². The number of nitro groups is 1. The first-order valence-electron chi connectivity index (χ1n) is 3.77. The largest absolute Gasteiger partial charge is 0.477 e. The molecule has 16 heavy (non-hydrogen) atoms. The number of aromatic amines is 1. The maximum atomic E-state index is 12.2. The predicted octanol–water partition coefficient (Wildman–Crippen LogP) is 0.919. The number of H-pyrrole nitrogens is 1. The van der Waals surface area contributed by atoms with Crippen molar-refractivity contribution < 1.29 is 23.6 Å². The molecule has 0 saturated heterocycles. The van der Waals surface area contributed by atoms with Crippen LogP contribution >= 0.6 is 0 Å². The van der Waals surface area contributed by atoms with Crippen molar-refractivity contribution in [2.75, 3.05) is 0 Å². The molecule has 1 heterocycles. The van der Waals surface area contributed by atoms with Crippen LogP contribution in [0.5, 0.6) is 0 Å². The van der Waals surface area contributed by atoms with Gasteiger partial charge in [0, 0.05) is 6.07 Å². The monoisotopic (exact) mass is 234 g/mol. The molecule has 0 fully saturated rings. The van der Waals surface area contributed by atoms with Gasteiger partial charge >= 0.3 is 5.97 Å². The highest BCUT2D eigenvalue weighted by atomic mass is 19.3. The summed E-state index contributed by atoms with van der Waals surface area (Å²) in [6.07, 6.45) is -3.13. The Bertz CT molecular complexity index is 510. The zero-order valence-corrected chi connectivity index (χ0v) is 7.44. The van der Waals surface area contributed by atoms with Gasteiger partial charge in [-0.3, -0.25) is 14.9 Å². The minimum atomic E-state index is -3.13. The number of carbonyl (C=O) groups is 1. The van der Waals surface area contributed by atoms with Gasteiger partial charge in [0.2, 0.25) is 5.56 Å². The molecule has 0 atom stereocenters. The Morgan fingerprint density at radius 3 is 2.50 bits per heavy atom. The molecule has 0 bridgehead atoms. The fraction of sp³-hybridized carbons (Fsp3) is 0.143. The third-order valence-corrected chi connectivity index (χ3v) is 1.68. The minimum Gasteiger partial charge on any atom is -0.477 e. The van der Waals surface area contributed by atoms with Crippen molar-refractivity contribution in [2.45, 2.75) is 6.43 Å². The van der Waals surface area contributed by atoms with Gasteiger partial charge in [-0.2, -0.15) is 0 Å². The predicted molar refractivity (Wildman–Crippen MR) is 45.6 cm³/mol. The Morgan fingerprint density at radius 2 is 2.12 bits per heavy atom. The van der Waals surface area contributed by atoms with E-state index in [-0.39, 0.29) is 0 Å². The van der Waals surface area contributed by atoms with E-state index in [2.05, 4.69) is 0 Å². The number of pyridine rings is 1. The topological polar surface area (TPSA) is 113 Å². The van der Waals surface area contributed by atoms with Gasteiger partial charge in [-0.25, -0.2) is 13.6 Å². The first-order chi connectivity index (χ1) is 7.34. The third-order valence-electron chi connectivity index (χ3n) is 1.68. The van der Waals surface area contributed by atoms with Crippen molar-refractivity contribution in [1.82, 2.24) is 4.98 Å². The van der Waals surface area contributed by atoms with E-state index in [0.717, 1.165) is 0 Å². The summed E-state index contributed by atoms with van der Waals surface area (Å²) in [5.74, 6) is -1.85. The number of nitrogens with zero attached hydrogens (tertiary/aromatic N) is 1. The molecular weight excluding hydrogens is 230 g/mol. The van der Waals surface area contributed by atoms with E-state index in [4.69, 9.17) is 5.11 Å². The van der Waals surface area contributed by atoms with Crippen LogP contribution in [0.1, 0.15) is 22.5 Å². The van der Waals surface area contributed by atoms with Gasteiger partial charge in [-0.1, -0.05) is 0 Å². The van der Waals surface area contributed by atoms with Crippen molar-refractivity contribution >= 4 is 11.7 Å². The molecule has 1 rings (SSSR count). The van der Waals surface area contributed by atoms with E-state index >= 15 is 0 Å². The molecule has 0 aromatic carbocycles. The van der Waals surface area contributed by atoms with Crippen LogP contribution < -0.4 is 5.56 Å². The van der Waals surface area contributed by atoms with E-state index in [0.29, 0.717) is 6.07 Å². The van der Waals surface area contributed by atoms with Crippen molar-refractivity contribution in [3.63, 3.8) is 0 Å². The normalized spacial score (nSPS) is 10.4. The molecule has 86 valence electrons. The Labute approximate surface area is 85.5 Å². The van der Waals surface area contributed by atoms with Crippen LogP contribution in [-0.4, -0.2) is 21.0 Å². The second kappa shape index (κ2) is 4.04. The number of aromatic nitrogens is 1. The molecule has 0 aliphatic carbocycles. The van der Waals surface area contributed by atoms with Crippen molar-refractivity contribution in [3.05, 3.63) is 37.8 Å². The number of hydrogen-bond acceptors (Lipinski definition) is 4. The number of hydrogen-bond donors (Lipinski definition) is 2. The second-order valence-electron chi connectivity index (χ2n) is 2.68. The molecule has 7 nitrogen and oxygen atoms in total. The average Bonchev–Trinajstić information content (AvgIpc) is 2.15. The van der Waals surface area contributed by atoms with Crippen LogP contribution in [-0.2, 0) is 0 Å². The number of rotatable bonds is 3. The van der Waals surface area contributed by atoms with Crippen LogP contribution in [0.25, 0.3) is 0 Å². The van der Waals surface area contributed by atoms with Crippen molar-refractivity contribution in [1.29, 1.82) is 0 Å². The molecule has 0 unspecified atom stereocenters. The Kier molecular flexibility index (Phi) is 2.97. The summed E-state index contributed by atoms with van der Waals surface area (Å²) in [5.41, 5.74) is -4.76. The number of carboxylic acids is 1. The van der Waals surface area contributed by atoms with E-state index in [1.807, 2.05) is 0 Å². The highest BCUT2D eigenvalue weighted by Gasteiger charge is 2.26. The van der Waals surface area contributed by atoms with Gasteiger partial charge in [0.15, 0.2) is 0 Å². The van der Waals surface area contributed by atoms with Gasteiger partial charge in [0.25, 0.3) is 17.7 Å². The fourth-order valence-electron chi connectivity index (χ4n) is 1.03. The third kappa shape index (κ3) is 2.02. The highest BCUT2D eigenvalue weighted by molar-refractivity contribution is 5.91. The molecule has 1 aromatic heterocycles. The van der Waals surface area contributed by atoms with Gasteiger partial charge in [-0.05, 0) is 0 Å². The lowest BCUT2D eigenvalue weighted by molar-refractivity contribution is -0.385. The average molecular weight is 234 g/mol. The number of nitrogens with one attached hydrogen (secondary N) is 1. The van der Waals surface area contributed by atoms with Crippen LogP contribution in [0.3, 0.4) is 0 Å². The van der Waals surface area contributed by atoms with Gasteiger partial charge < -0.3 is 10.1 Å². The first-order valence-corrected chi connectivity index (χ1v) is 3.77. The number of aromatic carboxylic acids is 1. The maximum absolute atomic E-state index is 12.2. The lowest BCUT2D eigenvalue weighted by Crippen LogP contribution is -2.21. The Balaban J connectivity index is 3.59. The zero-order chi connectivity index (χ0) is 12.5. The molecule has 0 amide bonds. The molecule has 0 aliphatic rings. The summed E-state index contributed by atoms with van der Waals surface area (Å²) < 4.78 is 24.4. The van der Waals surface area contributed by atoms with Crippen molar-refractivity contribution in [2.24, 2.45) is 0 Å². The summed E-state index contributed by atoms with van der Waals surface area (Å²) >= 11 is 0. The zero-order valence-electron chi connectivity index (χ0n) is 7.44. The summed E-state index contributed by atoms with van der Waals surface area (Å²) in [6, 6.07) is 0.329. The molecule has 0 radical (unpaired) electrons. The van der Waals surface area contributed by atoms with Crippen molar-refractivity contribution in [3.8, 4) is 0 Å². The number of halogens is 2. The first kappa shape index (κ1) is 11.8. The Hall–Kier alpha value is -2.32. The number of carboxylic acid groups (broad SMARTS) is 1. The smallest absolute Gasteiger partial charge is 0.348 e. The molecule has 1 aromatic rings. The van der Waals surface area contributed by atoms with Gasteiger partial charge in [0.05, 0.1) is 10.6 Å². The summed E-state index contributed by atoms with van der Waals surface area (Å²) in [7, 11) is 0. The quantitative estimate of drug-likeness (QED) is 0.596.